The van der Waals surface area contributed by atoms with E-state index in [-0.39, 0.29) is 37.3 Å². The minimum atomic E-state index is -4.13. The van der Waals surface area contributed by atoms with Crippen molar-refractivity contribution in [3.8, 4) is 5.75 Å². The molecule has 124 valence electrons. The molecule has 0 bridgehead atoms. The Balaban J connectivity index is 1.90. The quantitative estimate of drug-likeness (QED) is 0.782. The summed E-state index contributed by atoms with van der Waals surface area (Å²) in [6.07, 6.45) is -2.08. The Bertz CT molecular complexity index is 461. The van der Waals surface area contributed by atoms with E-state index in [1.807, 2.05) is 0 Å². The molecule has 0 spiro atoms. The number of rotatable bonds is 5. The molecule has 1 saturated carbocycles. The molecular weight excluding hydrogens is 295 g/mol. The average molecular weight is 317 g/mol. The Labute approximate surface area is 128 Å². The van der Waals surface area contributed by atoms with Gasteiger partial charge in [0, 0.05) is 12.1 Å². The molecule has 2 rings (SSSR count). The molecule has 1 aromatic rings. The van der Waals surface area contributed by atoms with Gasteiger partial charge in [0.15, 0.2) is 0 Å². The minimum absolute atomic E-state index is 0.0789. The van der Waals surface area contributed by atoms with Crippen LogP contribution in [0.2, 0.25) is 0 Å². The lowest BCUT2D eigenvalue weighted by Crippen LogP contribution is -2.45. The monoisotopic (exact) mass is 317 g/mol. The number of nitrogens with one attached hydrogen (secondary N) is 1. The van der Waals surface area contributed by atoms with E-state index in [0.29, 0.717) is 19.3 Å². The van der Waals surface area contributed by atoms with Gasteiger partial charge < -0.3 is 15.5 Å². The molecule has 1 aliphatic carbocycles. The Kier molecular flexibility index (Phi) is 5.69. The number of aliphatic hydroxyl groups is 1. The number of phenolic OH excluding ortho intramolecular Hbond substituents is 1. The highest BCUT2D eigenvalue weighted by atomic mass is 19.4. The molecule has 0 aliphatic heterocycles. The second-order valence-electron chi connectivity index (χ2n) is 6.02. The zero-order valence-corrected chi connectivity index (χ0v) is 12.3. The summed E-state index contributed by atoms with van der Waals surface area (Å²) in [6, 6.07) is 6.13. The van der Waals surface area contributed by atoms with E-state index in [0.717, 1.165) is 5.56 Å². The van der Waals surface area contributed by atoms with Gasteiger partial charge in [0.25, 0.3) is 0 Å². The molecule has 1 fully saturated rings. The zero-order valence-electron chi connectivity index (χ0n) is 12.3. The van der Waals surface area contributed by atoms with Crippen molar-refractivity contribution in [1.29, 1.82) is 0 Å². The van der Waals surface area contributed by atoms with Crippen molar-refractivity contribution in [2.75, 3.05) is 6.61 Å². The first-order chi connectivity index (χ1) is 10.4. The minimum Gasteiger partial charge on any atom is -0.508 e. The lowest BCUT2D eigenvalue weighted by Gasteiger charge is -2.33. The van der Waals surface area contributed by atoms with Crippen molar-refractivity contribution in [3.05, 3.63) is 29.8 Å². The zero-order chi connectivity index (χ0) is 16.2. The second kappa shape index (κ2) is 7.33. The van der Waals surface area contributed by atoms with Crippen LogP contribution in [-0.2, 0) is 6.42 Å². The fraction of sp³-hybridized carbons (Fsp3) is 0.625. The first kappa shape index (κ1) is 17.1. The summed E-state index contributed by atoms with van der Waals surface area (Å²) in [4.78, 5) is 0. The standard InChI is InChI=1S/C16H22F3NO2/c17-16(18,19)12-2-1-3-13(9-12)20-14(10-21)8-11-4-6-15(22)7-5-11/h4-7,12-14,20-22H,1-3,8-10H2/t12-,13-,14-/m0/s1. The van der Waals surface area contributed by atoms with Crippen molar-refractivity contribution >= 4 is 0 Å². The van der Waals surface area contributed by atoms with Crippen LogP contribution >= 0.6 is 0 Å². The number of benzene rings is 1. The van der Waals surface area contributed by atoms with Gasteiger partial charge in [0.2, 0.25) is 0 Å². The Morgan fingerprint density at radius 1 is 1.18 bits per heavy atom. The number of hydrogen-bond acceptors (Lipinski definition) is 3. The molecule has 0 aromatic heterocycles. The number of alkyl halides is 3. The summed E-state index contributed by atoms with van der Waals surface area (Å²) >= 11 is 0. The van der Waals surface area contributed by atoms with Gasteiger partial charge in [-0.05, 0) is 43.4 Å². The lowest BCUT2D eigenvalue weighted by atomic mass is 9.84. The number of halogens is 3. The first-order valence-electron chi connectivity index (χ1n) is 7.60. The molecule has 3 nitrogen and oxygen atoms in total. The van der Waals surface area contributed by atoms with E-state index in [4.69, 9.17) is 0 Å². The number of aromatic hydroxyl groups is 1. The van der Waals surface area contributed by atoms with Crippen LogP contribution < -0.4 is 5.32 Å². The normalized spacial score (nSPS) is 24.2. The maximum Gasteiger partial charge on any atom is 0.391 e. The molecule has 0 radical (unpaired) electrons. The Morgan fingerprint density at radius 3 is 2.45 bits per heavy atom. The van der Waals surface area contributed by atoms with E-state index in [1.54, 1.807) is 24.3 Å². The molecular formula is C16H22F3NO2. The number of aliphatic hydroxyl groups excluding tert-OH is 1. The first-order valence-corrected chi connectivity index (χ1v) is 7.60. The maximum absolute atomic E-state index is 12.8. The van der Waals surface area contributed by atoms with Crippen LogP contribution in [-0.4, -0.2) is 35.1 Å². The molecule has 0 heterocycles. The van der Waals surface area contributed by atoms with Crippen LogP contribution in [0.1, 0.15) is 31.2 Å². The van der Waals surface area contributed by atoms with Crippen LogP contribution in [0, 0.1) is 5.92 Å². The fourth-order valence-electron chi connectivity index (χ4n) is 3.06. The topological polar surface area (TPSA) is 52.5 Å². The van der Waals surface area contributed by atoms with Crippen molar-refractivity contribution in [3.63, 3.8) is 0 Å². The molecule has 22 heavy (non-hydrogen) atoms. The van der Waals surface area contributed by atoms with Crippen LogP contribution in [0.3, 0.4) is 0 Å². The molecule has 6 heteroatoms. The molecule has 0 saturated heterocycles. The predicted octanol–water partition coefficient (Wildman–Crippen LogP) is 3.01. The SMILES string of the molecule is OC[C@H](Cc1ccc(O)cc1)N[C@H]1CCC[C@H](C(F)(F)F)C1. The smallest absolute Gasteiger partial charge is 0.391 e. The van der Waals surface area contributed by atoms with E-state index in [9.17, 15) is 23.4 Å². The Hall–Kier alpha value is -1.27. The van der Waals surface area contributed by atoms with Crippen molar-refractivity contribution in [1.82, 2.24) is 5.32 Å². The average Bonchev–Trinajstić information content (AvgIpc) is 2.48. The van der Waals surface area contributed by atoms with Gasteiger partial charge in [-0.1, -0.05) is 18.6 Å². The molecule has 0 amide bonds. The maximum atomic E-state index is 12.8. The van der Waals surface area contributed by atoms with Crippen molar-refractivity contribution in [2.24, 2.45) is 5.92 Å². The van der Waals surface area contributed by atoms with Crippen molar-refractivity contribution < 1.29 is 23.4 Å². The molecule has 1 aromatic carbocycles. The predicted molar refractivity (Wildman–Crippen MR) is 77.6 cm³/mol. The third-order valence-electron chi connectivity index (χ3n) is 4.25. The van der Waals surface area contributed by atoms with Gasteiger partial charge in [-0.2, -0.15) is 13.2 Å². The molecule has 3 N–H and O–H groups in total. The highest BCUT2D eigenvalue weighted by Gasteiger charge is 2.42. The van der Waals surface area contributed by atoms with Gasteiger partial charge in [-0.3, -0.25) is 0 Å². The van der Waals surface area contributed by atoms with Crippen LogP contribution in [0.5, 0.6) is 5.75 Å². The summed E-state index contributed by atoms with van der Waals surface area (Å²) in [5.41, 5.74) is 0.924. The van der Waals surface area contributed by atoms with Gasteiger partial charge in [0.1, 0.15) is 5.75 Å². The second-order valence-corrected chi connectivity index (χ2v) is 6.02. The third kappa shape index (κ3) is 4.88. The van der Waals surface area contributed by atoms with E-state index < -0.39 is 12.1 Å². The van der Waals surface area contributed by atoms with E-state index in [1.165, 1.54) is 0 Å². The lowest BCUT2D eigenvalue weighted by molar-refractivity contribution is -0.183. The van der Waals surface area contributed by atoms with Gasteiger partial charge in [0.05, 0.1) is 12.5 Å². The number of hydrogen-bond donors (Lipinski definition) is 3. The van der Waals surface area contributed by atoms with E-state index in [2.05, 4.69) is 5.32 Å². The van der Waals surface area contributed by atoms with Gasteiger partial charge in [-0.15, -0.1) is 0 Å². The fourth-order valence-corrected chi connectivity index (χ4v) is 3.06. The summed E-state index contributed by atoms with van der Waals surface area (Å²) in [7, 11) is 0. The molecule has 1 aliphatic rings. The van der Waals surface area contributed by atoms with Crippen LogP contribution in [0.25, 0.3) is 0 Å². The Morgan fingerprint density at radius 2 is 1.86 bits per heavy atom. The van der Waals surface area contributed by atoms with Crippen molar-refractivity contribution in [2.45, 2.75) is 50.4 Å². The van der Waals surface area contributed by atoms with Gasteiger partial charge in [-0.25, -0.2) is 0 Å². The van der Waals surface area contributed by atoms with Crippen LogP contribution in [0.15, 0.2) is 24.3 Å². The highest BCUT2D eigenvalue weighted by Crippen LogP contribution is 2.37. The summed E-state index contributed by atoms with van der Waals surface area (Å²) in [5, 5.41) is 21.9. The summed E-state index contributed by atoms with van der Waals surface area (Å²) < 4.78 is 38.5. The largest absolute Gasteiger partial charge is 0.508 e. The third-order valence-corrected chi connectivity index (χ3v) is 4.25. The highest BCUT2D eigenvalue weighted by molar-refractivity contribution is 5.26. The van der Waals surface area contributed by atoms with Gasteiger partial charge >= 0.3 is 6.18 Å². The number of phenols is 1. The van der Waals surface area contributed by atoms with Crippen LogP contribution in [0.4, 0.5) is 13.2 Å². The summed E-state index contributed by atoms with van der Waals surface area (Å²) in [5.74, 6) is -1.08. The van der Waals surface area contributed by atoms with E-state index >= 15 is 0 Å². The molecule has 3 atom stereocenters. The molecule has 0 unspecified atom stereocenters. The summed E-state index contributed by atoms with van der Waals surface area (Å²) in [6.45, 7) is -0.131.